The molecule has 2 aliphatic rings. The number of amides is 4. The number of aliphatic hydroxyl groups excluding tert-OH is 2. The summed E-state index contributed by atoms with van der Waals surface area (Å²) in [6.45, 7) is 4.79. The van der Waals surface area contributed by atoms with Gasteiger partial charge >= 0.3 is 0 Å². The SMILES string of the molecule is CCCCO.CCCCO.O=C1CCC(=O)N1O.O=C1CCC(=O)N1O.[Ti]. The number of carbonyl (C=O) groups is 4. The van der Waals surface area contributed by atoms with Crippen molar-refractivity contribution in [3.05, 3.63) is 0 Å². The van der Waals surface area contributed by atoms with Crippen molar-refractivity contribution in [1.82, 2.24) is 10.1 Å². The van der Waals surface area contributed by atoms with Gasteiger partial charge in [-0.3, -0.25) is 29.6 Å². The van der Waals surface area contributed by atoms with E-state index < -0.39 is 23.6 Å². The molecule has 27 heavy (non-hydrogen) atoms. The molecule has 0 spiro atoms. The molecule has 2 rings (SSSR count). The second-order valence-electron chi connectivity index (χ2n) is 5.35. The predicted molar refractivity (Wildman–Crippen MR) is 89.7 cm³/mol. The Morgan fingerprint density at radius 2 is 0.889 bits per heavy atom. The first-order chi connectivity index (χ1) is 12.3. The van der Waals surface area contributed by atoms with Gasteiger partial charge in [0.1, 0.15) is 0 Å². The number of imide groups is 2. The van der Waals surface area contributed by atoms with Gasteiger partial charge in [-0.05, 0) is 12.8 Å². The summed E-state index contributed by atoms with van der Waals surface area (Å²) in [4.78, 5) is 41.0. The Labute approximate surface area is 173 Å². The summed E-state index contributed by atoms with van der Waals surface area (Å²) in [5.74, 6) is -2.02. The molecule has 2 fully saturated rings. The van der Waals surface area contributed by atoms with E-state index in [9.17, 15) is 19.2 Å². The largest absolute Gasteiger partial charge is 0.396 e. The fourth-order valence-electron chi connectivity index (χ4n) is 1.45. The first kappa shape index (κ1) is 30.6. The van der Waals surface area contributed by atoms with Crippen molar-refractivity contribution < 1.29 is 61.5 Å². The second kappa shape index (κ2) is 19.6. The summed E-state index contributed by atoms with van der Waals surface area (Å²) in [5, 5.41) is 33.3. The Morgan fingerprint density at radius 3 is 0.926 bits per heavy atom. The molecule has 0 saturated carbocycles. The third-order valence-corrected chi connectivity index (χ3v) is 3.07. The number of hydrogen-bond acceptors (Lipinski definition) is 8. The van der Waals surface area contributed by atoms with Gasteiger partial charge < -0.3 is 10.2 Å². The number of hydroxylamine groups is 4. The summed E-state index contributed by atoms with van der Waals surface area (Å²) < 4.78 is 0. The smallest absolute Gasteiger partial charge is 0.253 e. The molecule has 0 unspecified atom stereocenters. The topological polar surface area (TPSA) is 156 Å². The predicted octanol–water partition coefficient (Wildman–Crippen LogP) is 0.604. The Kier molecular flexibility index (Phi) is 22.2. The normalized spacial score (nSPS) is 15.2. The van der Waals surface area contributed by atoms with Crippen LogP contribution in [0.1, 0.15) is 65.2 Å². The van der Waals surface area contributed by atoms with Crippen LogP contribution in [-0.2, 0) is 40.9 Å². The quantitative estimate of drug-likeness (QED) is 0.289. The summed E-state index contributed by atoms with van der Waals surface area (Å²) >= 11 is 0. The Balaban J connectivity index is -0.000000289. The zero-order valence-corrected chi connectivity index (χ0v) is 17.4. The van der Waals surface area contributed by atoms with Crippen LogP contribution in [0.25, 0.3) is 0 Å². The van der Waals surface area contributed by atoms with Crippen LogP contribution in [0.3, 0.4) is 0 Å². The van der Waals surface area contributed by atoms with Crippen molar-refractivity contribution in [3.63, 3.8) is 0 Å². The number of unbranched alkanes of at least 4 members (excludes halogenated alkanes) is 2. The number of aliphatic hydroxyl groups is 2. The van der Waals surface area contributed by atoms with E-state index in [2.05, 4.69) is 13.8 Å². The van der Waals surface area contributed by atoms with E-state index in [1.165, 1.54) is 0 Å². The van der Waals surface area contributed by atoms with Gasteiger partial charge in [0, 0.05) is 60.6 Å². The maximum absolute atomic E-state index is 10.2. The van der Waals surface area contributed by atoms with Gasteiger partial charge in [0.2, 0.25) is 0 Å². The molecule has 0 bridgehead atoms. The van der Waals surface area contributed by atoms with Crippen LogP contribution in [0.4, 0.5) is 0 Å². The van der Waals surface area contributed by atoms with Gasteiger partial charge in [-0.25, -0.2) is 0 Å². The summed E-state index contributed by atoms with van der Waals surface area (Å²) in [6.07, 6.45) is 4.67. The zero-order valence-electron chi connectivity index (χ0n) is 15.9. The van der Waals surface area contributed by atoms with E-state index in [1.807, 2.05) is 0 Å². The average Bonchev–Trinajstić information content (AvgIpc) is 3.08. The van der Waals surface area contributed by atoms with E-state index in [1.54, 1.807) is 0 Å². The van der Waals surface area contributed by atoms with E-state index in [0.29, 0.717) is 13.2 Å². The van der Waals surface area contributed by atoms with Crippen molar-refractivity contribution in [3.8, 4) is 0 Å². The molecule has 2 heterocycles. The second-order valence-corrected chi connectivity index (χ2v) is 5.35. The molecule has 10 nitrogen and oxygen atoms in total. The summed E-state index contributed by atoms with van der Waals surface area (Å²) in [6, 6.07) is 0. The van der Waals surface area contributed by atoms with Gasteiger partial charge in [0.25, 0.3) is 23.6 Å². The molecule has 4 N–H and O–H groups in total. The van der Waals surface area contributed by atoms with E-state index in [0.717, 1.165) is 25.7 Å². The third-order valence-electron chi connectivity index (χ3n) is 3.07. The Hall–Kier alpha value is -1.17. The molecule has 11 heteroatoms. The van der Waals surface area contributed by atoms with Crippen molar-refractivity contribution in [1.29, 1.82) is 0 Å². The minimum Gasteiger partial charge on any atom is -0.396 e. The van der Waals surface area contributed by atoms with Crippen LogP contribution in [0.15, 0.2) is 0 Å². The minimum absolute atomic E-state index is 0. The molecule has 0 aromatic rings. The molecule has 0 radical (unpaired) electrons. The molecule has 0 atom stereocenters. The van der Waals surface area contributed by atoms with Crippen LogP contribution in [-0.4, -0.2) is 67.6 Å². The monoisotopic (exact) mass is 426 g/mol. The Bertz CT molecular complexity index is 372. The standard InChI is InChI=1S/2C4H5NO3.2C4H10O.Ti/c2*6-3-1-2-4(7)5(3)8;2*1-2-3-4-5;/h2*8H,1-2H2;2*5H,2-4H2,1H3;. The van der Waals surface area contributed by atoms with Crippen LogP contribution in [0.2, 0.25) is 0 Å². The number of hydrogen-bond donors (Lipinski definition) is 4. The van der Waals surface area contributed by atoms with Gasteiger partial charge in [-0.1, -0.05) is 26.7 Å². The maximum Gasteiger partial charge on any atom is 0.253 e. The number of carbonyl (C=O) groups excluding carboxylic acids is 4. The van der Waals surface area contributed by atoms with Gasteiger partial charge in [-0.2, -0.15) is 10.1 Å². The summed E-state index contributed by atoms with van der Waals surface area (Å²) in [5.41, 5.74) is 0. The molecule has 2 saturated heterocycles. The van der Waals surface area contributed by atoms with E-state index in [4.69, 9.17) is 20.6 Å². The average molecular weight is 426 g/mol. The van der Waals surface area contributed by atoms with Crippen molar-refractivity contribution in [2.75, 3.05) is 13.2 Å². The van der Waals surface area contributed by atoms with Crippen LogP contribution in [0, 0.1) is 0 Å². The maximum atomic E-state index is 10.2. The van der Waals surface area contributed by atoms with Crippen molar-refractivity contribution in [2.45, 2.75) is 65.2 Å². The molecule has 156 valence electrons. The fraction of sp³-hybridized carbons (Fsp3) is 0.750. The molecular weight excluding hydrogens is 396 g/mol. The van der Waals surface area contributed by atoms with Crippen molar-refractivity contribution in [2.24, 2.45) is 0 Å². The minimum atomic E-state index is -0.505. The fourth-order valence-corrected chi connectivity index (χ4v) is 1.45. The number of rotatable bonds is 4. The summed E-state index contributed by atoms with van der Waals surface area (Å²) in [7, 11) is 0. The number of nitrogens with zero attached hydrogens (tertiary/aromatic N) is 2. The first-order valence-electron chi connectivity index (χ1n) is 8.57. The van der Waals surface area contributed by atoms with E-state index >= 15 is 0 Å². The van der Waals surface area contributed by atoms with Gasteiger partial charge in [0.05, 0.1) is 0 Å². The van der Waals surface area contributed by atoms with Crippen LogP contribution >= 0.6 is 0 Å². The molecule has 0 aromatic carbocycles. The Morgan fingerprint density at radius 1 is 0.667 bits per heavy atom. The van der Waals surface area contributed by atoms with Gasteiger partial charge in [0.15, 0.2) is 0 Å². The van der Waals surface area contributed by atoms with Crippen LogP contribution < -0.4 is 0 Å². The van der Waals surface area contributed by atoms with E-state index in [-0.39, 0.29) is 57.5 Å². The first-order valence-corrected chi connectivity index (χ1v) is 8.57. The molecule has 2 aliphatic heterocycles. The molecular formula is C16H30N2O8Ti. The molecule has 0 aliphatic carbocycles. The van der Waals surface area contributed by atoms with Crippen LogP contribution in [0.5, 0.6) is 0 Å². The molecule has 4 amide bonds. The van der Waals surface area contributed by atoms with Crippen molar-refractivity contribution >= 4 is 23.6 Å². The zero-order chi connectivity index (χ0) is 20.5. The van der Waals surface area contributed by atoms with Gasteiger partial charge in [-0.15, -0.1) is 0 Å². The third kappa shape index (κ3) is 15.6. The molecule has 0 aromatic heterocycles.